The Kier molecular flexibility index (Phi) is 4.33. The van der Waals surface area contributed by atoms with Gasteiger partial charge in [0.2, 0.25) is 0 Å². The van der Waals surface area contributed by atoms with Crippen LogP contribution in [0.3, 0.4) is 0 Å². The molecule has 0 N–H and O–H groups in total. The van der Waals surface area contributed by atoms with Gasteiger partial charge in [-0.2, -0.15) is 11.3 Å². The third-order valence-corrected chi connectivity index (χ3v) is 3.52. The summed E-state index contributed by atoms with van der Waals surface area (Å²) in [5.74, 6) is 0.694. The van der Waals surface area contributed by atoms with Gasteiger partial charge >= 0.3 is 0 Å². The van der Waals surface area contributed by atoms with E-state index in [2.05, 4.69) is 39.7 Å². The minimum atomic E-state index is 0.694. The number of hydrogen-bond acceptors (Lipinski definition) is 1. The van der Waals surface area contributed by atoms with Crippen molar-refractivity contribution >= 4 is 44.4 Å². The lowest BCUT2D eigenvalue weighted by molar-refractivity contribution is 1.23. The fourth-order valence-corrected chi connectivity index (χ4v) is 2.72. The van der Waals surface area contributed by atoms with Crippen LogP contribution in [0.2, 0.25) is 0 Å². The van der Waals surface area contributed by atoms with Crippen LogP contribution in [-0.2, 0) is 0 Å². The highest BCUT2D eigenvalue weighted by atomic mass is 79.9. The van der Waals surface area contributed by atoms with E-state index in [0.29, 0.717) is 5.88 Å². The molecule has 0 aliphatic rings. The monoisotopic (exact) mass is 264 g/mol. The van der Waals surface area contributed by atoms with Gasteiger partial charge in [0.1, 0.15) is 0 Å². The second kappa shape index (κ2) is 5.05. The zero-order valence-corrected chi connectivity index (χ0v) is 9.97. The summed E-state index contributed by atoms with van der Waals surface area (Å²) in [7, 11) is 0. The molecular formula is C9H10BrClS. The third kappa shape index (κ3) is 2.61. The van der Waals surface area contributed by atoms with Crippen LogP contribution in [0, 0.1) is 0 Å². The molecule has 0 bridgehead atoms. The van der Waals surface area contributed by atoms with Gasteiger partial charge in [-0.3, -0.25) is 0 Å². The van der Waals surface area contributed by atoms with E-state index >= 15 is 0 Å². The number of rotatable bonds is 3. The average molecular weight is 266 g/mol. The van der Waals surface area contributed by atoms with Crippen LogP contribution in [0.25, 0.3) is 5.57 Å². The zero-order valence-electron chi connectivity index (χ0n) is 6.81. The van der Waals surface area contributed by atoms with Crippen LogP contribution in [0.15, 0.2) is 21.3 Å². The van der Waals surface area contributed by atoms with E-state index in [1.54, 1.807) is 11.3 Å². The molecular weight excluding hydrogens is 256 g/mol. The fraction of sp³-hybridized carbons (Fsp3) is 0.333. The molecule has 12 heavy (non-hydrogen) atoms. The molecule has 0 fully saturated rings. The Bertz CT molecular complexity index is 278. The summed E-state index contributed by atoms with van der Waals surface area (Å²) in [5.41, 5.74) is 2.58. The lowest BCUT2D eigenvalue weighted by Crippen LogP contribution is -1.77. The maximum Gasteiger partial charge on any atom is 0.0357 e. The van der Waals surface area contributed by atoms with Gasteiger partial charge in [0.25, 0.3) is 0 Å². The van der Waals surface area contributed by atoms with Gasteiger partial charge in [0, 0.05) is 21.3 Å². The normalized spacial score (nSPS) is 12.1. The van der Waals surface area contributed by atoms with Gasteiger partial charge in [-0.15, -0.1) is 11.6 Å². The van der Waals surface area contributed by atoms with Crippen LogP contribution in [0.4, 0.5) is 0 Å². The maximum atomic E-state index is 5.59. The van der Waals surface area contributed by atoms with Crippen LogP contribution in [-0.4, -0.2) is 5.88 Å². The summed E-state index contributed by atoms with van der Waals surface area (Å²) in [6, 6.07) is 0. The minimum Gasteiger partial charge on any atom is -0.151 e. The summed E-state index contributed by atoms with van der Waals surface area (Å²) in [5, 5.41) is 4.23. The Morgan fingerprint density at radius 1 is 1.67 bits per heavy atom. The first-order valence-electron chi connectivity index (χ1n) is 3.70. The Morgan fingerprint density at radius 2 is 2.42 bits per heavy atom. The van der Waals surface area contributed by atoms with E-state index in [1.807, 2.05) is 0 Å². The van der Waals surface area contributed by atoms with Crippen molar-refractivity contribution in [2.24, 2.45) is 0 Å². The first kappa shape index (κ1) is 10.3. The highest BCUT2D eigenvalue weighted by molar-refractivity contribution is 9.10. The number of allylic oxidation sites excluding steroid dienone is 2. The van der Waals surface area contributed by atoms with Gasteiger partial charge in [-0.1, -0.05) is 6.08 Å². The summed E-state index contributed by atoms with van der Waals surface area (Å²) in [4.78, 5) is 0. The van der Waals surface area contributed by atoms with E-state index in [9.17, 15) is 0 Å². The average Bonchev–Trinajstić information content (AvgIpc) is 2.47. The lowest BCUT2D eigenvalue weighted by atomic mass is 10.1. The summed E-state index contributed by atoms with van der Waals surface area (Å²) in [6.07, 6.45) is 3.11. The number of thiophene rings is 1. The van der Waals surface area contributed by atoms with Crippen molar-refractivity contribution in [3.63, 3.8) is 0 Å². The molecule has 0 saturated heterocycles. The van der Waals surface area contributed by atoms with Gasteiger partial charge < -0.3 is 0 Å². The van der Waals surface area contributed by atoms with Crippen LogP contribution in [0.5, 0.6) is 0 Å². The molecule has 1 rings (SSSR count). The molecule has 0 aliphatic heterocycles. The number of hydrogen-bond donors (Lipinski definition) is 0. The van der Waals surface area contributed by atoms with Crippen molar-refractivity contribution in [3.05, 3.63) is 26.9 Å². The van der Waals surface area contributed by atoms with Crippen molar-refractivity contribution in [1.29, 1.82) is 0 Å². The molecule has 0 unspecified atom stereocenters. The van der Waals surface area contributed by atoms with E-state index in [1.165, 1.54) is 15.6 Å². The van der Waals surface area contributed by atoms with E-state index in [-0.39, 0.29) is 0 Å². The largest absolute Gasteiger partial charge is 0.151 e. The second-order valence-electron chi connectivity index (χ2n) is 2.50. The van der Waals surface area contributed by atoms with Crippen molar-refractivity contribution in [2.75, 3.05) is 5.88 Å². The van der Waals surface area contributed by atoms with Gasteiger partial charge in [0.05, 0.1) is 0 Å². The molecule has 66 valence electrons. The molecule has 1 heterocycles. The standard InChI is InChI=1S/C9H10BrClS/c1-7(3-2-4-11)8-5-12-6-9(8)10/h3,5-6H,2,4H2,1H3. The molecule has 1 aromatic rings. The quantitative estimate of drug-likeness (QED) is 0.704. The van der Waals surface area contributed by atoms with Gasteiger partial charge in [0.15, 0.2) is 0 Å². The molecule has 0 aromatic carbocycles. The zero-order chi connectivity index (χ0) is 8.97. The van der Waals surface area contributed by atoms with E-state index < -0.39 is 0 Å². The predicted molar refractivity (Wildman–Crippen MR) is 61.0 cm³/mol. The highest BCUT2D eigenvalue weighted by Crippen LogP contribution is 2.27. The summed E-state index contributed by atoms with van der Waals surface area (Å²) >= 11 is 10.8. The predicted octanol–water partition coefficient (Wildman–Crippen LogP) is 4.54. The Balaban J connectivity index is 2.77. The smallest absolute Gasteiger partial charge is 0.0357 e. The van der Waals surface area contributed by atoms with Gasteiger partial charge in [-0.25, -0.2) is 0 Å². The Hall–Kier alpha value is 0.210. The van der Waals surface area contributed by atoms with Crippen molar-refractivity contribution in [1.82, 2.24) is 0 Å². The first-order chi connectivity index (χ1) is 5.75. The van der Waals surface area contributed by atoms with Crippen molar-refractivity contribution in [2.45, 2.75) is 13.3 Å². The molecule has 0 spiro atoms. The van der Waals surface area contributed by atoms with Crippen LogP contribution in [0.1, 0.15) is 18.9 Å². The first-order valence-corrected chi connectivity index (χ1v) is 5.97. The number of alkyl halides is 1. The van der Waals surface area contributed by atoms with Crippen molar-refractivity contribution < 1.29 is 0 Å². The Morgan fingerprint density at radius 3 is 2.92 bits per heavy atom. The molecule has 0 amide bonds. The molecule has 0 saturated carbocycles. The molecule has 0 atom stereocenters. The molecule has 1 aromatic heterocycles. The maximum absolute atomic E-state index is 5.59. The Labute approximate surface area is 90.4 Å². The third-order valence-electron chi connectivity index (χ3n) is 1.60. The molecule has 0 aliphatic carbocycles. The lowest BCUT2D eigenvalue weighted by Gasteiger charge is -1.97. The molecule has 0 radical (unpaired) electrons. The summed E-state index contributed by atoms with van der Waals surface area (Å²) < 4.78 is 1.18. The highest BCUT2D eigenvalue weighted by Gasteiger charge is 2.01. The SMILES string of the molecule is CC(=CCCCl)c1cscc1Br. The number of halogens is 2. The van der Waals surface area contributed by atoms with Gasteiger partial charge in [-0.05, 0) is 40.2 Å². The second-order valence-corrected chi connectivity index (χ2v) is 4.47. The topological polar surface area (TPSA) is 0 Å². The molecule has 3 heteroatoms. The van der Waals surface area contributed by atoms with E-state index in [0.717, 1.165) is 6.42 Å². The van der Waals surface area contributed by atoms with Crippen LogP contribution < -0.4 is 0 Å². The van der Waals surface area contributed by atoms with Crippen molar-refractivity contribution in [3.8, 4) is 0 Å². The van der Waals surface area contributed by atoms with Crippen LogP contribution >= 0.6 is 38.9 Å². The summed E-state index contributed by atoms with van der Waals surface area (Å²) in [6.45, 7) is 2.11. The minimum absolute atomic E-state index is 0.694. The fourth-order valence-electron chi connectivity index (χ4n) is 0.944. The van der Waals surface area contributed by atoms with E-state index in [4.69, 9.17) is 11.6 Å². The molecule has 0 nitrogen and oxygen atoms in total.